The first kappa shape index (κ1) is 23.6. The highest BCUT2D eigenvalue weighted by Gasteiger charge is 2.49. The molecule has 0 radical (unpaired) electrons. The summed E-state index contributed by atoms with van der Waals surface area (Å²) in [5.74, 6) is 1.79. The third kappa shape index (κ3) is 4.01. The van der Waals surface area contributed by atoms with Gasteiger partial charge in [0.05, 0.1) is 26.9 Å². The average molecular weight is 549 g/mol. The molecular weight excluding hydrogens is 527 g/mol. The smallest absolute Gasteiger partial charge is 0.335 e. The maximum Gasteiger partial charge on any atom is 0.335 e. The summed E-state index contributed by atoms with van der Waals surface area (Å²) in [7, 11) is 0. The fourth-order valence-electron chi connectivity index (χ4n) is 5.23. The van der Waals surface area contributed by atoms with Crippen LogP contribution in [0.2, 0.25) is 10.0 Å². The van der Waals surface area contributed by atoms with Gasteiger partial charge in [-0.3, -0.25) is 0 Å². The molecule has 2 fully saturated rings. The summed E-state index contributed by atoms with van der Waals surface area (Å²) in [6.45, 7) is 0.202. The number of hydrogen-bond donors (Lipinski definition) is 1. The Labute approximate surface area is 228 Å². The van der Waals surface area contributed by atoms with E-state index in [1.54, 1.807) is 36.4 Å². The van der Waals surface area contributed by atoms with E-state index in [9.17, 15) is 9.90 Å². The van der Waals surface area contributed by atoms with Crippen molar-refractivity contribution in [1.29, 1.82) is 0 Å². The molecule has 0 atom stereocenters. The zero-order valence-electron chi connectivity index (χ0n) is 20.2. The molecule has 7 rings (SSSR count). The minimum atomic E-state index is -0.986. The Morgan fingerprint density at radius 2 is 1.87 bits per heavy atom. The third-order valence-corrected chi connectivity index (χ3v) is 8.21. The van der Waals surface area contributed by atoms with Gasteiger partial charge in [-0.2, -0.15) is 0 Å². The van der Waals surface area contributed by atoms with E-state index in [1.165, 1.54) is 0 Å². The second-order valence-electron chi connectivity index (χ2n) is 10.2. The molecule has 1 N–H and O–H groups in total. The van der Waals surface area contributed by atoms with Crippen molar-refractivity contribution in [3.8, 4) is 28.6 Å². The number of rotatable bonds is 6. The van der Waals surface area contributed by atoms with E-state index in [4.69, 9.17) is 42.2 Å². The van der Waals surface area contributed by atoms with Gasteiger partial charge in [0.2, 0.25) is 5.88 Å². The standard InChI is InChI=1S/C29H22Cl2N2O5/c30-19-2-1-3-20(31)24(19)25-18(26(38-33-25)15-4-5-15)14-36-23-9-8-21-27(32-23)29(10-11-29)13-17-7-6-16(28(34)35)12-22(17)37-21/h1-3,6-9,12,15H,4-5,10-11,13-14H2,(H,34,35). The van der Waals surface area contributed by atoms with Gasteiger partial charge in [0.15, 0.2) is 0 Å². The zero-order valence-corrected chi connectivity index (χ0v) is 21.7. The minimum absolute atomic E-state index is 0.142. The van der Waals surface area contributed by atoms with Gasteiger partial charge in [-0.25, -0.2) is 9.78 Å². The van der Waals surface area contributed by atoms with Crippen molar-refractivity contribution in [2.75, 3.05) is 0 Å². The molecule has 1 spiro atoms. The second kappa shape index (κ2) is 8.75. The Hall–Kier alpha value is -3.55. The molecule has 2 aromatic heterocycles. The second-order valence-corrected chi connectivity index (χ2v) is 11.0. The zero-order chi connectivity index (χ0) is 26.0. The van der Waals surface area contributed by atoms with Gasteiger partial charge < -0.3 is 19.1 Å². The molecule has 38 heavy (non-hydrogen) atoms. The number of benzene rings is 2. The van der Waals surface area contributed by atoms with Crippen LogP contribution in [0.4, 0.5) is 0 Å². The average Bonchev–Trinajstić information content (AvgIpc) is 3.83. The first-order valence-electron chi connectivity index (χ1n) is 12.5. The number of carbonyl (C=O) groups is 1. The topological polar surface area (TPSA) is 94.7 Å². The number of aromatic nitrogens is 2. The molecule has 3 aliphatic rings. The molecule has 0 unspecified atom stereocenters. The summed E-state index contributed by atoms with van der Waals surface area (Å²) >= 11 is 13.0. The summed E-state index contributed by atoms with van der Waals surface area (Å²) in [4.78, 5) is 16.4. The van der Waals surface area contributed by atoms with E-state index >= 15 is 0 Å². The number of aromatic carboxylic acids is 1. The van der Waals surface area contributed by atoms with Crippen LogP contribution >= 0.6 is 23.2 Å². The number of carboxylic acids is 1. The van der Waals surface area contributed by atoms with Gasteiger partial charge in [0, 0.05) is 23.0 Å². The molecule has 9 heteroatoms. The fourth-order valence-corrected chi connectivity index (χ4v) is 5.80. The van der Waals surface area contributed by atoms with Crippen molar-refractivity contribution in [2.24, 2.45) is 0 Å². The van der Waals surface area contributed by atoms with E-state index in [0.717, 1.165) is 54.7 Å². The maximum absolute atomic E-state index is 11.5. The predicted octanol–water partition coefficient (Wildman–Crippen LogP) is 7.58. The molecule has 2 saturated carbocycles. The highest BCUT2D eigenvalue weighted by atomic mass is 35.5. The number of carboxylic acid groups (broad SMARTS) is 1. The SMILES string of the molecule is O=C(O)c1ccc2c(c1)Oc1ccc(OCc3c(-c4c(Cl)cccc4Cl)noc3C3CC3)nc1C1(CC1)C2. The van der Waals surface area contributed by atoms with Crippen LogP contribution in [0.3, 0.4) is 0 Å². The number of halogens is 2. The number of ether oxygens (including phenoxy) is 2. The summed E-state index contributed by atoms with van der Waals surface area (Å²) < 4.78 is 18.2. The van der Waals surface area contributed by atoms with Crippen molar-refractivity contribution in [3.63, 3.8) is 0 Å². The van der Waals surface area contributed by atoms with Crippen LogP contribution in [-0.2, 0) is 18.4 Å². The largest absolute Gasteiger partial charge is 0.478 e. The Morgan fingerprint density at radius 1 is 1.08 bits per heavy atom. The van der Waals surface area contributed by atoms with E-state index in [2.05, 4.69) is 5.16 Å². The summed E-state index contributed by atoms with van der Waals surface area (Å²) in [5.41, 5.74) is 3.91. The first-order chi connectivity index (χ1) is 18.4. The lowest BCUT2D eigenvalue weighted by atomic mass is 9.92. The normalized spacial score (nSPS) is 16.8. The highest BCUT2D eigenvalue weighted by molar-refractivity contribution is 6.39. The Bertz CT molecular complexity index is 1590. The van der Waals surface area contributed by atoms with Gasteiger partial charge in [-0.1, -0.05) is 40.5 Å². The molecule has 2 aromatic carbocycles. The molecule has 4 aromatic rings. The molecule has 0 amide bonds. The Balaban J connectivity index is 1.21. The van der Waals surface area contributed by atoms with Crippen molar-refractivity contribution >= 4 is 29.2 Å². The quantitative estimate of drug-likeness (QED) is 0.265. The lowest BCUT2D eigenvalue weighted by molar-refractivity contribution is 0.0696. The van der Waals surface area contributed by atoms with Crippen LogP contribution < -0.4 is 9.47 Å². The first-order valence-corrected chi connectivity index (χ1v) is 13.3. The van der Waals surface area contributed by atoms with Gasteiger partial charge in [-0.15, -0.1) is 0 Å². The van der Waals surface area contributed by atoms with Crippen LogP contribution in [0.25, 0.3) is 11.3 Å². The lowest BCUT2D eigenvalue weighted by Gasteiger charge is -2.15. The molecule has 1 aliphatic heterocycles. The van der Waals surface area contributed by atoms with Gasteiger partial charge in [0.25, 0.3) is 0 Å². The summed E-state index contributed by atoms with van der Waals surface area (Å²) in [6, 6.07) is 14.0. The number of fused-ring (bicyclic) bond motifs is 3. The monoisotopic (exact) mass is 548 g/mol. The third-order valence-electron chi connectivity index (χ3n) is 7.58. The highest BCUT2D eigenvalue weighted by Crippen LogP contribution is 2.56. The molecular formula is C29H22Cl2N2O5. The van der Waals surface area contributed by atoms with Crippen LogP contribution in [0.1, 0.15) is 64.5 Å². The predicted molar refractivity (Wildman–Crippen MR) is 141 cm³/mol. The molecule has 0 bridgehead atoms. The summed E-state index contributed by atoms with van der Waals surface area (Å²) in [6.07, 6.45) is 4.77. The van der Waals surface area contributed by atoms with Gasteiger partial charge >= 0.3 is 5.97 Å². The van der Waals surface area contributed by atoms with E-state index in [0.29, 0.717) is 44.6 Å². The van der Waals surface area contributed by atoms with E-state index < -0.39 is 5.97 Å². The molecule has 3 heterocycles. The Kier molecular flexibility index (Phi) is 5.42. The van der Waals surface area contributed by atoms with Crippen molar-refractivity contribution in [2.45, 2.75) is 50.0 Å². The molecule has 192 valence electrons. The van der Waals surface area contributed by atoms with E-state index in [-0.39, 0.29) is 17.6 Å². The number of pyridine rings is 1. The van der Waals surface area contributed by atoms with Gasteiger partial charge in [-0.05, 0) is 68.0 Å². The van der Waals surface area contributed by atoms with Crippen molar-refractivity contribution < 1.29 is 23.9 Å². The fraction of sp³-hybridized carbons (Fsp3) is 0.276. The van der Waals surface area contributed by atoms with Crippen molar-refractivity contribution in [3.05, 3.63) is 86.7 Å². The minimum Gasteiger partial charge on any atom is -0.478 e. The lowest BCUT2D eigenvalue weighted by Crippen LogP contribution is -2.12. The molecule has 7 nitrogen and oxygen atoms in total. The summed E-state index contributed by atoms with van der Waals surface area (Å²) in [5, 5.41) is 14.7. The number of nitrogens with zero attached hydrogens (tertiary/aromatic N) is 2. The molecule has 0 saturated heterocycles. The maximum atomic E-state index is 11.5. The van der Waals surface area contributed by atoms with Crippen LogP contribution in [-0.4, -0.2) is 21.2 Å². The number of hydrogen-bond acceptors (Lipinski definition) is 6. The van der Waals surface area contributed by atoms with E-state index in [1.807, 2.05) is 12.1 Å². The van der Waals surface area contributed by atoms with Crippen LogP contribution in [0, 0.1) is 0 Å². The van der Waals surface area contributed by atoms with Gasteiger partial charge in [0.1, 0.15) is 29.6 Å². The van der Waals surface area contributed by atoms with Crippen LogP contribution in [0.15, 0.2) is 53.1 Å². The molecule has 2 aliphatic carbocycles. The van der Waals surface area contributed by atoms with Crippen LogP contribution in [0.5, 0.6) is 17.4 Å². The van der Waals surface area contributed by atoms with Crippen molar-refractivity contribution in [1.82, 2.24) is 10.1 Å². The Morgan fingerprint density at radius 3 is 2.58 bits per heavy atom.